The second kappa shape index (κ2) is 16.0. The summed E-state index contributed by atoms with van der Waals surface area (Å²) in [5.74, 6) is 2.31. The highest BCUT2D eigenvalue weighted by Gasteiger charge is 2.69. The van der Waals surface area contributed by atoms with Crippen LogP contribution in [0.25, 0.3) is 0 Å². The van der Waals surface area contributed by atoms with Gasteiger partial charge in [-0.1, -0.05) is 78.3 Å². The van der Waals surface area contributed by atoms with Crippen molar-refractivity contribution in [3.63, 3.8) is 0 Å². The minimum atomic E-state index is -0.981. The van der Waals surface area contributed by atoms with Crippen LogP contribution in [0.2, 0.25) is 0 Å². The molecule has 4 aliphatic carbocycles. The summed E-state index contributed by atoms with van der Waals surface area (Å²) in [4.78, 5) is 13.4. The van der Waals surface area contributed by atoms with E-state index in [2.05, 4.69) is 47.6 Å². The predicted octanol–water partition coefficient (Wildman–Crippen LogP) is 8.08. The molecule has 10 heteroatoms. The normalized spacial score (nSPS) is 51.9. The van der Waals surface area contributed by atoms with Crippen LogP contribution in [0.3, 0.4) is 0 Å². The zero-order valence-corrected chi connectivity index (χ0v) is 36.8. The van der Waals surface area contributed by atoms with E-state index in [1.807, 2.05) is 32.0 Å². The van der Waals surface area contributed by atoms with Gasteiger partial charge in [0.05, 0.1) is 43.2 Å². The Balaban J connectivity index is 0.903. The second-order valence-electron chi connectivity index (χ2n) is 21.1. The standard InChI is InChI=1S/C49H72O10/c1-26-16-21-49(53-25-26)30(5)40-38(59-49)23-37-35-15-14-33-22-34(17-19-47(33,7)36(35)18-20-48(37,40)8)55-46-43(29(4)41(51)39(24-50)56-46)58-45-42(28(3)27(2)31(6)54-45)57-44(52)32-12-10-9-11-13-32/h9-14,26-31,34-43,45-46,50-51H,15-25H2,1-8H3/t26-,27?,28?,29+,30+,31?,34+,35-,36+,37+,38+,39?,40+,41+,42?,43?,45?,46-,47+,48+,49-/m1/s1. The maximum atomic E-state index is 13.4. The molecule has 2 N–H and O–H groups in total. The van der Waals surface area contributed by atoms with Gasteiger partial charge in [0.25, 0.3) is 0 Å². The first kappa shape index (κ1) is 42.4. The molecule has 1 aromatic carbocycles. The number of aliphatic hydroxyl groups is 2. The molecule has 0 radical (unpaired) electrons. The molecule has 4 heterocycles. The van der Waals surface area contributed by atoms with Crippen molar-refractivity contribution < 1.29 is 48.2 Å². The van der Waals surface area contributed by atoms with Crippen LogP contribution in [0.15, 0.2) is 42.0 Å². The lowest BCUT2D eigenvalue weighted by atomic mass is 9.47. The van der Waals surface area contributed by atoms with Crippen molar-refractivity contribution >= 4 is 5.97 Å². The van der Waals surface area contributed by atoms with Crippen molar-refractivity contribution in [2.75, 3.05) is 13.2 Å². The van der Waals surface area contributed by atoms with Gasteiger partial charge in [-0.2, -0.15) is 0 Å². The van der Waals surface area contributed by atoms with Crippen molar-refractivity contribution in [2.45, 2.75) is 174 Å². The van der Waals surface area contributed by atoms with E-state index in [4.69, 9.17) is 33.2 Å². The van der Waals surface area contributed by atoms with Crippen LogP contribution in [0.5, 0.6) is 0 Å². The summed E-state index contributed by atoms with van der Waals surface area (Å²) in [6.07, 6.45) is 7.35. The second-order valence-corrected chi connectivity index (χ2v) is 21.1. The number of hydrogen-bond acceptors (Lipinski definition) is 10. The van der Waals surface area contributed by atoms with Gasteiger partial charge in [-0.25, -0.2) is 4.79 Å². The Labute approximate surface area is 352 Å². The van der Waals surface area contributed by atoms with Gasteiger partial charge in [-0.15, -0.1) is 0 Å². The lowest BCUT2D eigenvalue weighted by Crippen LogP contribution is -2.60. The molecular formula is C49H72O10. The maximum Gasteiger partial charge on any atom is 0.338 e. The molecule has 59 heavy (non-hydrogen) atoms. The lowest BCUT2D eigenvalue weighted by molar-refractivity contribution is -0.355. The van der Waals surface area contributed by atoms with Crippen molar-refractivity contribution in [3.8, 4) is 0 Å². The van der Waals surface area contributed by atoms with E-state index in [0.29, 0.717) is 47.2 Å². The molecule has 7 fully saturated rings. The summed E-state index contributed by atoms with van der Waals surface area (Å²) in [6, 6.07) is 8.97. The third kappa shape index (κ3) is 7.10. The monoisotopic (exact) mass is 821 g/mol. The average molecular weight is 821 g/mol. The SMILES string of the molecule is CC1OC(OC2[C@H](O[C@H]3CC[C@@]4(C)C(=CC[C@H]5[C@@H]6C[C@@H]7O[C@]8(CC[C@@H](C)CO8)[C@@H](C)[C@@H]7[C@@]6(C)CC[C@@H]54)C3)OC(CO)[C@@H](O)[C@@H]2C)C(OC(=O)c2ccccc2)C(C)C1C. The smallest absolute Gasteiger partial charge is 0.338 e. The van der Waals surface area contributed by atoms with E-state index in [9.17, 15) is 15.0 Å². The first-order valence-electron chi connectivity index (χ1n) is 23.4. The van der Waals surface area contributed by atoms with Crippen LogP contribution >= 0.6 is 0 Å². The van der Waals surface area contributed by atoms with Gasteiger partial charge in [-0.05, 0) is 117 Å². The fourth-order valence-corrected chi connectivity index (χ4v) is 14.1. The van der Waals surface area contributed by atoms with Crippen LogP contribution in [0.4, 0.5) is 0 Å². The van der Waals surface area contributed by atoms with Gasteiger partial charge in [0.15, 0.2) is 24.5 Å². The Morgan fingerprint density at radius 1 is 0.864 bits per heavy atom. The number of carbonyl (C=O) groups is 1. The van der Waals surface area contributed by atoms with E-state index >= 15 is 0 Å². The molecule has 1 aromatic rings. The molecule has 328 valence electrons. The zero-order chi connectivity index (χ0) is 41.6. The number of fused-ring (bicyclic) bond motifs is 7. The number of esters is 1. The number of rotatable bonds is 7. The molecule has 10 nitrogen and oxygen atoms in total. The topological polar surface area (TPSA) is 122 Å². The van der Waals surface area contributed by atoms with Gasteiger partial charge in [-0.3, -0.25) is 0 Å². The summed E-state index contributed by atoms with van der Waals surface area (Å²) in [5, 5.41) is 21.6. The zero-order valence-electron chi connectivity index (χ0n) is 36.8. The Kier molecular flexibility index (Phi) is 11.5. The van der Waals surface area contributed by atoms with E-state index < -0.39 is 48.9 Å². The first-order valence-corrected chi connectivity index (χ1v) is 23.4. The van der Waals surface area contributed by atoms with Gasteiger partial charge in [0.2, 0.25) is 0 Å². The molecule has 8 aliphatic rings. The Morgan fingerprint density at radius 3 is 2.36 bits per heavy atom. The largest absolute Gasteiger partial charge is 0.453 e. The van der Waals surface area contributed by atoms with Crippen LogP contribution in [-0.2, 0) is 33.2 Å². The molecule has 1 spiro atoms. The molecular weight excluding hydrogens is 749 g/mol. The third-order valence-corrected chi connectivity index (χ3v) is 18.1. The van der Waals surface area contributed by atoms with Crippen LogP contribution in [-0.4, -0.2) is 90.5 Å². The van der Waals surface area contributed by atoms with E-state index in [0.717, 1.165) is 45.1 Å². The molecule has 4 aliphatic heterocycles. The molecule has 9 rings (SSSR count). The molecule has 0 bridgehead atoms. The lowest BCUT2D eigenvalue weighted by Gasteiger charge is -2.58. The molecule has 21 atom stereocenters. The number of hydrogen-bond donors (Lipinski definition) is 2. The fraction of sp³-hybridized carbons (Fsp3) is 0.816. The first-order chi connectivity index (χ1) is 28.2. The minimum absolute atomic E-state index is 0.0623. The number of aliphatic hydroxyl groups excluding tert-OH is 2. The summed E-state index contributed by atoms with van der Waals surface area (Å²) in [7, 11) is 0. The van der Waals surface area contributed by atoms with E-state index in [-0.39, 0.29) is 47.3 Å². The summed E-state index contributed by atoms with van der Waals surface area (Å²) >= 11 is 0. The van der Waals surface area contributed by atoms with Gasteiger partial charge < -0.3 is 43.4 Å². The van der Waals surface area contributed by atoms with Crippen LogP contribution < -0.4 is 0 Å². The molecule has 0 amide bonds. The highest BCUT2D eigenvalue weighted by atomic mass is 16.8. The fourth-order valence-electron chi connectivity index (χ4n) is 14.1. The number of carbonyl (C=O) groups excluding carboxylic acids is 1. The molecule has 3 saturated carbocycles. The Bertz CT molecular complexity index is 1690. The number of benzene rings is 1. The Hall–Kier alpha value is -1.89. The average Bonchev–Trinajstić information content (AvgIpc) is 3.68. The van der Waals surface area contributed by atoms with Crippen molar-refractivity contribution in [1.29, 1.82) is 0 Å². The molecule has 7 unspecified atom stereocenters. The number of allylic oxidation sites excluding steroid dienone is 1. The molecule has 0 aromatic heterocycles. The summed E-state index contributed by atoms with van der Waals surface area (Å²) < 4.78 is 46.4. The van der Waals surface area contributed by atoms with Crippen molar-refractivity contribution in [2.24, 2.45) is 64.1 Å². The molecule has 4 saturated heterocycles. The Morgan fingerprint density at radius 2 is 1.63 bits per heavy atom. The van der Waals surface area contributed by atoms with Gasteiger partial charge >= 0.3 is 5.97 Å². The highest BCUT2D eigenvalue weighted by molar-refractivity contribution is 5.89. The summed E-state index contributed by atoms with van der Waals surface area (Å²) in [6.45, 7) is 18.4. The predicted molar refractivity (Wildman–Crippen MR) is 221 cm³/mol. The van der Waals surface area contributed by atoms with E-state index in [1.165, 1.54) is 24.8 Å². The van der Waals surface area contributed by atoms with Crippen LogP contribution in [0, 0.1) is 64.1 Å². The van der Waals surface area contributed by atoms with Gasteiger partial charge in [0, 0.05) is 24.2 Å². The van der Waals surface area contributed by atoms with Crippen LogP contribution in [0.1, 0.15) is 124 Å². The third-order valence-electron chi connectivity index (χ3n) is 18.1. The summed E-state index contributed by atoms with van der Waals surface area (Å²) in [5.41, 5.74) is 2.36. The van der Waals surface area contributed by atoms with E-state index in [1.54, 1.807) is 12.1 Å². The highest BCUT2D eigenvalue weighted by Crippen LogP contribution is 2.70. The van der Waals surface area contributed by atoms with Crippen molar-refractivity contribution in [1.82, 2.24) is 0 Å². The minimum Gasteiger partial charge on any atom is -0.453 e. The van der Waals surface area contributed by atoms with Gasteiger partial charge in [0.1, 0.15) is 12.2 Å². The number of ether oxygens (including phenoxy) is 7. The maximum absolute atomic E-state index is 13.4. The quantitative estimate of drug-likeness (QED) is 0.206. The van der Waals surface area contributed by atoms with Crippen molar-refractivity contribution in [3.05, 3.63) is 47.5 Å².